The molecule has 2 heterocycles. The van der Waals surface area contributed by atoms with Gasteiger partial charge in [-0.25, -0.2) is 0 Å². The summed E-state index contributed by atoms with van der Waals surface area (Å²) in [5.41, 5.74) is 0.739. The van der Waals surface area contributed by atoms with Crippen molar-refractivity contribution < 1.29 is 9.53 Å². The molecular weight excluding hydrogens is 322 g/mol. The molecule has 24 heavy (non-hydrogen) atoms. The number of carbonyl (C=O) groups is 1. The van der Waals surface area contributed by atoms with E-state index in [0.717, 1.165) is 37.9 Å². The highest BCUT2D eigenvalue weighted by molar-refractivity contribution is 7.99. The maximum Gasteiger partial charge on any atom is 0.238 e. The van der Waals surface area contributed by atoms with E-state index in [9.17, 15) is 4.79 Å². The Labute approximate surface area is 148 Å². The van der Waals surface area contributed by atoms with E-state index >= 15 is 0 Å². The summed E-state index contributed by atoms with van der Waals surface area (Å²) in [7, 11) is 1.62. The van der Waals surface area contributed by atoms with Crippen LogP contribution in [0.1, 0.15) is 12.8 Å². The molecule has 0 radical (unpaired) electrons. The van der Waals surface area contributed by atoms with Gasteiger partial charge in [0.05, 0.1) is 19.3 Å². The standard InChI is InChI=1S/C18H27N3O2S/c1-23-17-5-3-2-4-16(17)19-18(22)14-20-8-10-21(11-9-20)15-6-12-24-13-7-15/h2-5,15H,6-14H2,1H3,(H,19,22). The molecule has 2 aliphatic heterocycles. The Morgan fingerprint density at radius 2 is 1.92 bits per heavy atom. The first-order chi connectivity index (χ1) is 11.8. The topological polar surface area (TPSA) is 44.8 Å². The van der Waals surface area contributed by atoms with Crippen LogP contribution in [0.4, 0.5) is 5.69 Å². The number of ether oxygens (including phenoxy) is 1. The fourth-order valence-corrected chi connectivity index (χ4v) is 4.56. The summed E-state index contributed by atoms with van der Waals surface area (Å²) >= 11 is 2.08. The van der Waals surface area contributed by atoms with Gasteiger partial charge in [0, 0.05) is 32.2 Å². The van der Waals surface area contributed by atoms with Crippen LogP contribution in [0.3, 0.4) is 0 Å². The van der Waals surface area contributed by atoms with E-state index in [-0.39, 0.29) is 5.91 Å². The van der Waals surface area contributed by atoms with Gasteiger partial charge in [-0.3, -0.25) is 14.6 Å². The van der Waals surface area contributed by atoms with E-state index in [1.54, 1.807) is 7.11 Å². The van der Waals surface area contributed by atoms with Gasteiger partial charge in [0.1, 0.15) is 5.75 Å². The molecule has 1 N–H and O–H groups in total. The second-order valence-electron chi connectivity index (χ2n) is 6.40. The number of rotatable bonds is 5. The van der Waals surface area contributed by atoms with Gasteiger partial charge in [0.2, 0.25) is 5.91 Å². The van der Waals surface area contributed by atoms with Crippen molar-refractivity contribution in [2.75, 3.05) is 56.7 Å². The molecule has 0 aromatic heterocycles. The predicted octanol–water partition coefficient (Wildman–Crippen LogP) is 2.15. The molecule has 0 aliphatic carbocycles. The quantitative estimate of drug-likeness (QED) is 0.882. The molecule has 5 nitrogen and oxygen atoms in total. The van der Waals surface area contributed by atoms with Crippen molar-refractivity contribution in [3.05, 3.63) is 24.3 Å². The predicted molar refractivity (Wildman–Crippen MR) is 100.0 cm³/mol. The van der Waals surface area contributed by atoms with Gasteiger partial charge in [-0.1, -0.05) is 12.1 Å². The molecule has 0 unspecified atom stereocenters. The van der Waals surface area contributed by atoms with E-state index in [0.29, 0.717) is 12.3 Å². The number of piperazine rings is 1. The maximum absolute atomic E-state index is 12.3. The number of amides is 1. The number of nitrogens with one attached hydrogen (secondary N) is 1. The molecule has 0 saturated carbocycles. The number of methoxy groups -OCH3 is 1. The average Bonchev–Trinajstić information content (AvgIpc) is 2.63. The van der Waals surface area contributed by atoms with Crippen LogP contribution in [0.2, 0.25) is 0 Å². The van der Waals surface area contributed by atoms with Crippen LogP contribution < -0.4 is 10.1 Å². The SMILES string of the molecule is COc1ccccc1NC(=O)CN1CCN(C2CCSCC2)CC1. The van der Waals surface area contributed by atoms with Crippen LogP contribution in [0.25, 0.3) is 0 Å². The van der Waals surface area contributed by atoms with Crippen LogP contribution in [0.5, 0.6) is 5.75 Å². The highest BCUT2D eigenvalue weighted by Crippen LogP contribution is 2.24. The van der Waals surface area contributed by atoms with E-state index in [2.05, 4.69) is 26.9 Å². The van der Waals surface area contributed by atoms with Crippen molar-refractivity contribution in [1.82, 2.24) is 9.80 Å². The van der Waals surface area contributed by atoms with Gasteiger partial charge in [0.25, 0.3) is 0 Å². The third kappa shape index (κ3) is 4.65. The normalized spacial score (nSPS) is 20.7. The number of para-hydroxylation sites is 2. The molecule has 2 aliphatic rings. The number of hydrogen-bond donors (Lipinski definition) is 1. The number of carbonyl (C=O) groups excluding carboxylic acids is 1. The van der Waals surface area contributed by atoms with Gasteiger partial charge >= 0.3 is 0 Å². The lowest BCUT2D eigenvalue weighted by molar-refractivity contribution is -0.117. The van der Waals surface area contributed by atoms with Crippen molar-refractivity contribution in [2.45, 2.75) is 18.9 Å². The lowest BCUT2D eigenvalue weighted by Gasteiger charge is -2.40. The summed E-state index contributed by atoms with van der Waals surface area (Å²) in [5, 5.41) is 2.96. The third-order valence-corrected chi connectivity index (χ3v) is 5.91. The van der Waals surface area contributed by atoms with Crippen molar-refractivity contribution >= 4 is 23.4 Å². The highest BCUT2D eigenvalue weighted by atomic mass is 32.2. The Bertz CT molecular complexity index is 541. The Morgan fingerprint density at radius 3 is 2.62 bits per heavy atom. The molecule has 1 aromatic carbocycles. The molecule has 1 amide bonds. The Morgan fingerprint density at radius 1 is 1.21 bits per heavy atom. The molecule has 2 saturated heterocycles. The van der Waals surface area contributed by atoms with Crippen molar-refractivity contribution in [3.63, 3.8) is 0 Å². The van der Waals surface area contributed by atoms with Gasteiger partial charge in [-0.2, -0.15) is 11.8 Å². The smallest absolute Gasteiger partial charge is 0.238 e. The van der Waals surface area contributed by atoms with E-state index in [4.69, 9.17) is 4.74 Å². The zero-order chi connectivity index (χ0) is 16.8. The zero-order valence-electron chi connectivity index (χ0n) is 14.4. The molecule has 2 fully saturated rings. The third-order valence-electron chi connectivity index (χ3n) is 4.86. The molecule has 0 spiro atoms. The minimum absolute atomic E-state index is 0.0296. The molecular formula is C18H27N3O2S. The summed E-state index contributed by atoms with van der Waals surface area (Å²) in [6.07, 6.45) is 2.64. The number of anilines is 1. The molecule has 132 valence electrons. The highest BCUT2D eigenvalue weighted by Gasteiger charge is 2.26. The molecule has 1 aromatic rings. The number of benzene rings is 1. The molecule has 3 rings (SSSR count). The molecule has 0 atom stereocenters. The summed E-state index contributed by atoms with van der Waals surface area (Å²) in [4.78, 5) is 17.2. The summed E-state index contributed by atoms with van der Waals surface area (Å²) < 4.78 is 5.28. The summed E-state index contributed by atoms with van der Waals surface area (Å²) in [6, 6.07) is 8.29. The van der Waals surface area contributed by atoms with Crippen molar-refractivity contribution in [3.8, 4) is 5.75 Å². The fourth-order valence-electron chi connectivity index (χ4n) is 3.48. The Balaban J connectivity index is 1.44. The van der Waals surface area contributed by atoms with Crippen molar-refractivity contribution in [1.29, 1.82) is 0 Å². The maximum atomic E-state index is 12.3. The van der Waals surface area contributed by atoms with E-state index in [1.807, 2.05) is 24.3 Å². The van der Waals surface area contributed by atoms with Crippen LogP contribution in [-0.4, -0.2) is 73.1 Å². The molecule has 6 heteroatoms. The fraction of sp³-hybridized carbons (Fsp3) is 0.611. The van der Waals surface area contributed by atoms with Crippen LogP contribution in [0.15, 0.2) is 24.3 Å². The van der Waals surface area contributed by atoms with Gasteiger partial charge in [-0.15, -0.1) is 0 Å². The lowest BCUT2D eigenvalue weighted by atomic mass is 10.1. The number of nitrogens with zero attached hydrogens (tertiary/aromatic N) is 2. The minimum Gasteiger partial charge on any atom is -0.495 e. The molecule has 0 bridgehead atoms. The first kappa shape index (κ1) is 17.6. The average molecular weight is 350 g/mol. The Hall–Kier alpha value is -1.24. The van der Waals surface area contributed by atoms with E-state index < -0.39 is 0 Å². The second kappa shape index (κ2) is 8.74. The first-order valence-corrected chi connectivity index (χ1v) is 9.89. The zero-order valence-corrected chi connectivity index (χ0v) is 15.2. The monoisotopic (exact) mass is 349 g/mol. The van der Waals surface area contributed by atoms with Crippen LogP contribution >= 0.6 is 11.8 Å². The Kier molecular flexibility index (Phi) is 6.40. The van der Waals surface area contributed by atoms with Crippen molar-refractivity contribution in [2.24, 2.45) is 0 Å². The summed E-state index contributed by atoms with van der Waals surface area (Å²) in [6.45, 7) is 4.56. The van der Waals surface area contributed by atoms with Gasteiger partial charge < -0.3 is 10.1 Å². The van der Waals surface area contributed by atoms with Gasteiger partial charge in [-0.05, 0) is 36.5 Å². The first-order valence-electron chi connectivity index (χ1n) is 8.73. The summed E-state index contributed by atoms with van der Waals surface area (Å²) in [5.74, 6) is 3.33. The second-order valence-corrected chi connectivity index (χ2v) is 7.63. The lowest BCUT2D eigenvalue weighted by Crippen LogP contribution is -2.52. The largest absolute Gasteiger partial charge is 0.495 e. The van der Waals surface area contributed by atoms with Gasteiger partial charge in [0.15, 0.2) is 0 Å². The number of thioether (sulfide) groups is 1. The van der Waals surface area contributed by atoms with E-state index in [1.165, 1.54) is 24.3 Å². The van der Waals surface area contributed by atoms with Crippen LogP contribution in [-0.2, 0) is 4.79 Å². The number of hydrogen-bond acceptors (Lipinski definition) is 5. The van der Waals surface area contributed by atoms with Crippen LogP contribution in [0, 0.1) is 0 Å². The minimum atomic E-state index is 0.0296.